The Balaban J connectivity index is 1.76. The minimum absolute atomic E-state index is 0.335. The van der Waals surface area contributed by atoms with Crippen LogP contribution in [0.15, 0.2) is 47.6 Å². The van der Waals surface area contributed by atoms with Crippen LogP contribution >= 0.6 is 11.8 Å². The summed E-state index contributed by atoms with van der Waals surface area (Å²) in [4.78, 5) is 11.5. The maximum Gasteiger partial charge on any atom is 0.337 e. The Morgan fingerprint density at radius 2 is 1.92 bits per heavy atom. The van der Waals surface area contributed by atoms with E-state index in [9.17, 15) is 4.79 Å². The topological polar surface area (TPSA) is 69.9 Å². The van der Waals surface area contributed by atoms with Crippen molar-refractivity contribution in [2.24, 2.45) is 0 Å². The molecule has 0 N–H and O–H groups in total. The summed E-state index contributed by atoms with van der Waals surface area (Å²) in [7, 11) is 1.37. The summed E-state index contributed by atoms with van der Waals surface area (Å²) in [5, 5.41) is 12.8. The number of hydrogen-bond acceptors (Lipinski definition) is 6. The average Bonchev–Trinajstić information content (AvgIpc) is 3.10. The Hall–Kier alpha value is -2.67. The third-order valence-electron chi connectivity index (χ3n) is 3.99. The van der Waals surface area contributed by atoms with Crippen LogP contribution in [0.25, 0.3) is 5.69 Å². The lowest BCUT2D eigenvalue weighted by Crippen LogP contribution is -2.03. The molecule has 0 unspecified atom stereocenters. The normalized spacial score (nSPS) is 10.7. The van der Waals surface area contributed by atoms with Crippen LogP contribution in [0.2, 0.25) is 0 Å². The van der Waals surface area contributed by atoms with Crippen LogP contribution in [0.4, 0.5) is 0 Å². The number of esters is 1. The zero-order valence-electron chi connectivity index (χ0n) is 14.3. The molecule has 0 bridgehead atoms. The van der Waals surface area contributed by atoms with Crippen molar-refractivity contribution in [1.29, 1.82) is 0 Å². The molecule has 25 heavy (non-hydrogen) atoms. The predicted octanol–water partition coefficient (Wildman–Crippen LogP) is 3.36. The number of aryl methyl sites for hydroxylation is 1. The van der Waals surface area contributed by atoms with Crippen molar-refractivity contribution in [3.05, 3.63) is 64.7 Å². The fourth-order valence-corrected chi connectivity index (χ4v) is 3.23. The molecule has 0 saturated heterocycles. The van der Waals surface area contributed by atoms with E-state index < -0.39 is 0 Å². The van der Waals surface area contributed by atoms with Crippen molar-refractivity contribution in [3.63, 3.8) is 0 Å². The molecule has 2 aromatic carbocycles. The lowest BCUT2D eigenvalue weighted by atomic mass is 10.1. The molecular weight excluding hydrogens is 336 g/mol. The zero-order chi connectivity index (χ0) is 17.8. The SMILES string of the molecule is COC(=O)c1ccc(CSc2nnnn2-c2cccc(C)c2C)cc1. The van der Waals surface area contributed by atoms with Crippen LogP contribution < -0.4 is 0 Å². The van der Waals surface area contributed by atoms with E-state index >= 15 is 0 Å². The molecule has 0 atom stereocenters. The second kappa shape index (κ2) is 7.48. The van der Waals surface area contributed by atoms with Gasteiger partial charge in [-0.25, -0.2) is 4.79 Å². The number of carbonyl (C=O) groups excluding carboxylic acids is 1. The van der Waals surface area contributed by atoms with Crippen LogP contribution in [0.3, 0.4) is 0 Å². The molecule has 0 aliphatic carbocycles. The van der Waals surface area contributed by atoms with Crippen LogP contribution in [-0.4, -0.2) is 33.3 Å². The Bertz CT molecular complexity index is 890. The van der Waals surface area contributed by atoms with Crippen LogP contribution in [0, 0.1) is 13.8 Å². The Labute approximate surface area is 150 Å². The third-order valence-corrected chi connectivity index (χ3v) is 4.98. The van der Waals surface area contributed by atoms with Crippen LogP contribution in [0.5, 0.6) is 0 Å². The number of methoxy groups -OCH3 is 1. The van der Waals surface area contributed by atoms with E-state index in [2.05, 4.69) is 35.4 Å². The first kappa shape index (κ1) is 17.2. The fraction of sp³-hybridized carbons (Fsp3) is 0.222. The summed E-state index contributed by atoms with van der Waals surface area (Å²) in [6.45, 7) is 4.13. The zero-order valence-corrected chi connectivity index (χ0v) is 15.1. The van der Waals surface area contributed by atoms with E-state index in [1.807, 2.05) is 24.3 Å². The number of nitrogens with zero attached hydrogens (tertiary/aromatic N) is 4. The molecule has 0 amide bonds. The second-order valence-electron chi connectivity index (χ2n) is 5.57. The molecule has 0 fully saturated rings. The third kappa shape index (κ3) is 3.71. The highest BCUT2D eigenvalue weighted by atomic mass is 32.2. The maximum absolute atomic E-state index is 11.5. The van der Waals surface area contributed by atoms with Gasteiger partial charge in [0.15, 0.2) is 0 Å². The molecule has 0 aliphatic rings. The average molecular weight is 354 g/mol. The van der Waals surface area contributed by atoms with Crippen molar-refractivity contribution in [3.8, 4) is 5.69 Å². The minimum atomic E-state index is -0.335. The number of tetrazole rings is 1. The standard InChI is InChI=1S/C18H18N4O2S/c1-12-5-4-6-16(13(12)2)22-18(19-20-21-22)25-11-14-7-9-15(10-8-14)17(23)24-3/h4-10H,11H2,1-3H3. The van der Waals surface area contributed by atoms with Crippen molar-refractivity contribution >= 4 is 17.7 Å². The van der Waals surface area contributed by atoms with Crippen molar-refractivity contribution in [2.75, 3.05) is 7.11 Å². The van der Waals surface area contributed by atoms with Gasteiger partial charge in [0.2, 0.25) is 5.16 Å². The van der Waals surface area contributed by atoms with Crippen LogP contribution in [0.1, 0.15) is 27.0 Å². The monoisotopic (exact) mass is 354 g/mol. The van der Waals surface area contributed by atoms with E-state index in [1.54, 1.807) is 28.6 Å². The van der Waals surface area contributed by atoms with Crippen molar-refractivity contribution < 1.29 is 9.53 Å². The first-order chi connectivity index (χ1) is 12.1. The van der Waals surface area contributed by atoms with Crippen LogP contribution in [-0.2, 0) is 10.5 Å². The van der Waals surface area contributed by atoms with Crippen molar-refractivity contribution in [2.45, 2.75) is 24.8 Å². The summed E-state index contributed by atoms with van der Waals surface area (Å²) in [6.07, 6.45) is 0. The Kier molecular flexibility index (Phi) is 5.14. The first-order valence-corrected chi connectivity index (χ1v) is 8.73. The highest BCUT2D eigenvalue weighted by Crippen LogP contribution is 2.25. The van der Waals surface area contributed by atoms with Gasteiger partial charge in [0.1, 0.15) is 0 Å². The Morgan fingerprint density at radius 1 is 1.16 bits per heavy atom. The van der Waals surface area contributed by atoms with Gasteiger partial charge in [-0.15, -0.1) is 5.10 Å². The van der Waals surface area contributed by atoms with E-state index in [4.69, 9.17) is 4.74 Å². The summed E-state index contributed by atoms with van der Waals surface area (Å²) in [5.41, 5.74) is 4.94. The van der Waals surface area contributed by atoms with E-state index in [-0.39, 0.29) is 5.97 Å². The maximum atomic E-state index is 11.5. The molecular formula is C18H18N4O2S. The van der Waals surface area contributed by atoms with Gasteiger partial charge in [-0.3, -0.25) is 0 Å². The van der Waals surface area contributed by atoms with E-state index in [0.29, 0.717) is 11.3 Å². The molecule has 1 heterocycles. The predicted molar refractivity (Wildman–Crippen MR) is 96.0 cm³/mol. The number of thioether (sulfide) groups is 1. The lowest BCUT2D eigenvalue weighted by Gasteiger charge is -2.09. The number of hydrogen-bond donors (Lipinski definition) is 0. The number of benzene rings is 2. The molecule has 0 radical (unpaired) electrons. The van der Waals surface area contributed by atoms with Gasteiger partial charge in [-0.05, 0) is 59.2 Å². The fourth-order valence-electron chi connectivity index (χ4n) is 2.39. The molecule has 3 aromatic rings. The minimum Gasteiger partial charge on any atom is -0.465 e. The Morgan fingerprint density at radius 3 is 2.64 bits per heavy atom. The molecule has 0 aliphatic heterocycles. The molecule has 6 nitrogen and oxygen atoms in total. The van der Waals surface area contributed by atoms with Gasteiger partial charge in [0.25, 0.3) is 0 Å². The quantitative estimate of drug-likeness (QED) is 0.517. The highest BCUT2D eigenvalue weighted by molar-refractivity contribution is 7.98. The van der Waals surface area contributed by atoms with Gasteiger partial charge >= 0.3 is 5.97 Å². The molecule has 128 valence electrons. The van der Waals surface area contributed by atoms with Crippen molar-refractivity contribution in [1.82, 2.24) is 20.2 Å². The van der Waals surface area contributed by atoms with Gasteiger partial charge in [-0.2, -0.15) is 4.68 Å². The molecule has 0 spiro atoms. The van der Waals surface area contributed by atoms with Gasteiger partial charge in [0.05, 0.1) is 18.4 Å². The largest absolute Gasteiger partial charge is 0.465 e. The summed E-state index contributed by atoms with van der Waals surface area (Å²) in [5.74, 6) is 0.366. The summed E-state index contributed by atoms with van der Waals surface area (Å²) in [6, 6.07) is 13.4. The molecule has 7 heteroatoms. The van der Waals surface area contributed by atoms with Gasteiger partial charge < -0.3 is 4.74 Å². The second-order valence-corrected chi connectivity index (χ2v) is 6.51. The highest BCUT2D eigenvalue weighted by Gasteiger charge is 2.12. The van der Waals surface area contributed by atoms with Gasteiger partial charge in [-0.1, -0.05) is 36.0 Å². The lowest BCUT2D eigenvalue weighted by molar-refractivity contribution is 0.0600. The number of ether oxygens (including phenoxy) is 1. The summed E-state index contributed by atoms with van der Waals surface area (Å²) < 4.78 is 6.47. The smallest absolute Gasteiger partial charge is 0.337 e. The number of aromatic nitrogens is 4. The van der Waals surface area contributed by atoms with E-state index in [0.717, 1.165) is 22.0 Å². The van der Waals surface area contributed by atoms with E-state index in [1.165, 1.54) is 12.7 Å². The number of rotatable bonds is 5. The first-order valence-electron chi connectivity index (χ1n) is 7.75. The number of carbonyl (C=O) groups is 1. The molecule has 0 saturated carbocycles. The summed E-state index contributed by atoms with van der Waals surface area (Å²) >= 11 is 1.55. The van der Waals surface area contributed by atoms with Gasteiger partial charge in [0, 0.05) is 5.75 Å². The molecule has 1 aromatic heterocycles. The molecule has 3 rings (SSSR count).